The molecule has 4 nitrogen and oxygen atoms in total. The first-order valence-electron chi connectivity index (χ1n) is 5.84. The average Bonchev–Trinajstić information content (AvgIpc) is 3.06. The zero-order valence-corrected chi connectivity index (χ0v) is 11.3. The summed E-state index contributed by atoms with van der Waals surface area (Å²) in [5.74, 6) is 0.341. The van der Waals surface area contributed by atoms with Crippen LogP contribution in [0.5, 0.6) is 0 Å². The van der Waals surface area contributed by atoms with Gasteiger partial charge in [-0.05, 0) is 36.6 Å². The van der Waals surface area contributed by atoms with Crippen molar-refractivity contribution >= 4 is 23.3 Å². The number of carbonyl (C=O) groups is 1. The first kappa shape index (κ1) is 13.6. The van der Waals surface area contributed by atoms with E-state index in [-0.39, 0.29) is 12.5 Å². The van der Waals surface area contributed by atoms with Crippen molar-refractivity contribution in [3.8, 4) is 0 Å². The normalized spacial score (nSPS) is 14.4. The van der Waals surface area contributed by atoms with Gasteiger partial charge in [0.05, 0.1) is 12.8 Å². The highest BCUT2D eigenvalue weighted by molar-refractivity contribution is 7.10. The van der Waals surface area contributed by atoms with Crippen molar-refractivity contribution in [1.29, 1.82) is 0 Å². The van der Waals surface area contributed by atoms with Crippen LogP contribution in [-0.2, 0) is 10.4 Å². The monoisotopic (exact) mass is 277 g/mol. The van der Waals surface area contributed by atoms with Crippen molar-refractivity contribution < 1.29 is 14.3 Å². The Kier molecular flexibility index (Phi) is 4.19. The molecule has 0 saturated carbocycles. The molecule has 0 aliphatic rings. The van der Waals surface area contributed by atoms with Crippen LogP contribution in [0.4, 0.5) is 0 Å². The van der Waals surface area contributed by atoms with Gasteiger partial charge in [-0.2, -0.15) is 0 Å². The van der Waals surface area contributed by atoms with Crippen molar-refractivity contribution in [3.63, 3.8) is 0 Å². The van der Waals surface area contributed by atoms with E-state index < -0.39 is 5.60 Å². The van der Waals surface area contributed by atoms with Gasteiger partial charge in [-0.25, -0.2) is 0 Å². The molecule has 0 unspecified atom stereocenters. The molecule has 2 aromatic rings. The van der Waals surface area contributed by atoms with E-state index in [9.17, 15) is 9.90 Å². The van der Waals surface area contributed by atoms with E-state index in [0.29, 0.717) is 5.76 Å². The van der Waals surface area contributed by atoms with E-state index in [2.05, 4.69) is 5.32 Å². The summed E-state index contributed by atoms with van der Waals surface area (Å²) in [4.78, 5) is 12.4. The summed E-state index contributed by atoms with van der Waals surface area (Å²) < 4.78 is 5.07. The molecule has 19 heavy (non-hydrogen) atoms. The third-order valence-electron chi connectivity index (χ3n) is 2.60. The van der Waals surface area contributed by atoms with Gasteiger partial charge in [0, 0.05) is 11.0 Å². The second-order valence-corrected chi connectivity index (χ2v) is 5.27. The fourth-order valence-corrected chi connectivity index (χ4v) is 2.32. The maximum Gasteiger partial charge on any atom is 0.244 e. The second kappa shape index (κ2) is 5.86. The van der Waals surface area contributed by atoms with Crippen molar-refractivity contribution in [2.24, 2.45) is 0 Å². The lowest BCUT2D eigenvalue weighted by molar-refractivity contribution is -0.117. The van der Waals surface area contributed by atoms with E-state index in [4.69, 9.17) is 4.42 Å². The molecule has 1 atom stereocenters. The lowest BCUT2D eigenvalue weighted by Gasteiger charge is -2.21. The van der Waals surface area contributed by atoms with Gasteiger partial charge in [0.25, 0.3) is 0 Å². The van der Waals surface area contributed by atoms with Gasteiger partial charge in [-0.15, -0.1) is 11.3 Å². The molecule has 0 fully saturated rings. The molecule has 0 radical (unpaired) electrons. The quantitative estimate of drug-likeness (QED) is 0.825. The fourth-order valence-electron chi connectivity index (χ4n) is 1.53. The van der Waals surface area contributed by atoms with Gasteiger partial charge >= 0.3 is 0 Å². The van der Waals surface area contributed by atoms with Gasteiger partial charge < -0.3 is 14.8 Å². The minimum absolute atomic E-state index is 0.162. The third kappa shape index (κ3) is 3.81. The molecular weight excluding hydrogens is 262 g/mol. The van der Waals surface area contributed by atoms with Crippen LogP contribution in [0.1, 0.15) is 17.6 Å². The molecule has 5 heteroatoms. The second-order valence-electron chi connectivity index (χ2n) is 4.32. The smallest absolute Gasteiger partial charge is 0.244 e. The van der Waals surface area contributed by atoms with Crippen LogP contribution in [0.25, 0.3) is 6.08 Å². The molecule has 0 spiro atoms. The standard InChI is InChI=1S/C14H15NO3S/c1-14(17,12-5-3-9-19-12)10-15-13(16)7-6-11-4-2-8-18-11/h2-9,17H,10H2,1H3,(H,15,16)/b7-6+/t14-/m1/s1. The lowest BCUT2D eigenvalue weighted by Crippen LogP contribution is -2.37. The molecule has 0 aliphatic carbocycles. The van der Waals surface area contributed by atoms with Crippen LogP contribution in [0.3, 0.4) is 0 Å². The summed E-state index contributed by atoms with van der Waals surface area (Å²) in [6, 6.07) is 7.22. The highest BCUT2D eigenvalue weighted by atomic mass is 32.1. The third-order valence-corrected chi connectivity index (χ3v) is 3.72. The number of amides is 1. The SMILES string of the molecule is C[C@@](O)(CNC(=O)/C=C/c1ccco1)c1cccs1. The first-order chi connectivity index (χ1) is 9.08. The van der Waals surface area contributed by atoms with Crippen LogP contribution in [0.15, 0.2) is 46.4 Å². The maximum atomic E-state index is 11.6. The Morgan fingerprint density at radius 1 is 1.53 bits per heavy atom. The van der Waals surface area contributed by atoms with E-state index in [1.807, 2.05) is 17.5 Å². The van der Waals surface area contributed by atoms with Crippen molar-refractivity contribution in [2.45, 2.75) is 12.5 Å². The zero-order valence-electron chi connectivity index (χ0n) is 10.5. The summed E-state index contributed by atoms with van der Waals surface area (Å²) in [6.07, 6.45) is 4.50. The Hall–Kier alpha value is -1.85. The van der Waals surface area contributed by atoms with Gasteiger partial charge in [0.1, 0.15) is 11.4 Å². The van der Waals surface area contributed by atoms with Crippen LogP contribution >= 0.6 is 11.3 Å². The van der Waals surface area contributed by atoms with Crippen LogP contribution in [0.2, 0.25) is 0 Å². The number of hydrogen-bond donors (Lipinski definition) is 2. The minimum atomic E-state index is -1.05. The van der Waals surface area contributed by atoms with Gasteiger partial charge in [0.2, 0.25) is 5.91 Å². The molecule has 0 bridgehead atoms. The topological polar surface area (TPSA) is 62.5 Å². The van der Waals surface area contributed by atoms with Gasteiger partial charge in [0.15, 0.2) is 0 Å². The molecule has 2 aromatic heterocycles. The van der Waals surface area contributed by atoms with Crippen molar-refractivity contribution in [1.82, 2.24) is 5.32 Å². The predicted octanol–water partition coefficient (Wildman–Crippen LogP) is 2.38. The Labute approximate surface area is 115 Å². The number of rotatable bonds is 5. The van der Waals surface area contributed by atoms with Crippen LogP contribution < -0.4 is 5.32 Å². The van der Waals surface area contributed by atoms with Crippen molar-refractivity contribution in [3.05, 3.63) is 52.6 Å². The van der Waals surface area contributed by atoms with Gasteiger partial charge in [-0.1, -0.05) is 6.07 Å². The average molecular weight is 277 g/mol. The summed E-state index contributed by atoms with van der Waals surface area (Å²) in [5.41, 5.74) is -1.05. The predicted molar refractivity (Wildman–Crippen MR) is 74.6 cm³/mol. The number of thiophene rings is 1. The molecule has 0 saturated heterocycles. The van der Waals surface area contributed by atoms with Crippen molar-refractivity contribution in [2.75, 3.05) is 6.54 Å². The van der Waals surface area contributed by atoms with E-state index in [1.165, 1.54) is 17.4 Å². The van der Waals surface area contributed by atoms with Gasteiger partial charge in [-0.3, -0.25) is 4.79 Å². The summed E-state index contributed by atoms with van der Waals surface area (Å²) >= 11 is 1.46. The fraction of sp³-hybridized carbons (Fsp3) is 0.214. The maximum absolute atomic E-state index is 11.6. The number of furan rings is 1. The zero-order chi connectivity index (χ0) is 13.7. The number of hydrogen-bond acceptors (Lipinski definition) is 4. The molecule has 2 rings (SSSR count). The van der Waals surface area contributed by atoms with E-state index in [0.717, 1.165) is 4.88 Å². The molecule has 0 aromatic carbocycles. The Morgan fingerprint density at radius 3 is 3.00 bits per heavy atom. The minimum Gasteiger partial charge on any atom is -0.465 e. The molecule has 100 valence electrons. The summed E-state index contributed by atoms with van der Waals surface area (Å²) in [5, 5.41) is 14.8. The summed E-state index contributed by atoms with van der Waals surface area (Å²) in [6.45, 7) is 1.84. The highest BCUT2D eigenvalue weighted by Gasteiger charge is 2.24. The largest absolute Gasteiger partial charge is 0.465 e. The first-order valence-corrected chi connectivity index (χ1v) is 6.72. The molecular formula is C14H15NO3S. The molecule has 2 heterocycles. The van der Waals surface area contributed by atoms with Crippen LogP contribution in [-0.4, -0.2) is 17.6 Å². The Morgan fingerprint density at radius 2 is 2.37 bits per heavy atom. The number of carbonyl (C=O) groups excluding carboxylic acids is 1. The Balaban J connectivity index is 1.87. The van der Waals surface area contributed by atoms with Crippen LogP contribution in [0, 0.1) is 0 Å². The van der Waals surface area contributed by atoms with E-state index in [1.54, 1.807) is 31.4 Å². The molecule has 0 aliphatic heterocycles. The Bertz CT molecular complexity index is 541. The number of aliphatic hydroxyl groups is 1. The number of nitrogens with one attached hydrogen (secondary N) is 1. The lowest BCUT2D eigenvalue weighted by atomic mass is 10.1. The summed E-state index contributed by atoms with van der Waals surface area (Å²) in [7, 11) is 0. The molecule has 2 N–H and O–H groups in total. The van der Waals surface area contributed by atoms with E-state index >= 15 is 0 Å². The highest BCUT2D eigenvalue weighted by Crippen LogP contribution is 2.24. The molecule has 1 amide bonds.